The maximum atomic E-state index is 13.4. The Labute approximate surface area is 86.5 Å². The van der Waals surface area contributed by atoms with E-state index in [0.29, 0.717) is 12.8 Å². The van der Waals surface area contributed by atoms with Crippen molar-refractivity contribution in [3.63, 3.8) is 0 Å². The molecule has 0 bridgehead atoms. The Morgan fingerprint density at radius 2 is 1.93 bits per heavy atom. The molecule has 0 saturated heterocycles. The van der Waals surface area contributed by atoms with E-state index in [1.165, 1.54) is 7.11 Å². The summed E-state index contributed by atoms with van der Waals surface area (Å²) >= 11 is 0. The van der Waals surface area contributed by atoms with Crippen LogP contribution >= 0.6 is 0 Å². The second-order valence-corrected chi connectivity index (χ2v) is 3.94. The van der Waals surface area contributed by atoms with Gasteiger partial charge in [0.15, 0.2) is 11.6 Å². The molecular formula is C11H12F2O2. The molecule has 0 unspecified atom stereocenters. The third-order valence-electron chi connectivity index (χ3n) is 2.69. The standard InChI is InChI=1S/C11H12F2O2/c1-15-10-7(6-11(14)4-5-11)8(12)2-3-9(10)13/h2-3,14H,4-6H2,1H3. The van der Waals surface area contributed by atoms with Gasteiger partial charge in [-0.25, -0.2) is 8.78 Å². The highest BCUT2D eigenvalue weighted by Crippen LogP contribution is 2.41. The summed E-state index contributed by atoms with van der Waals surface area (Å²) in [6.07, 6.45) is 1.37. The Bertz CT molecular complexity index is 386. The van der Waals surface area contributed by atoms with Gasteiger partial charge in [0.2, 0.25) is 0 Å². The first-order valence-electron chi connectivity index (χ1n) is 4.79. The molecule has 1 aromatic carbocycles. The molecule has 1 saturated carbocycles. The van der Waals surface area contributed by atoms with Crippen LogP contribution in [-0.2, 0) is 6.42 Å². The average Bonchev–Trinajstić information content (AvgIpc) is 2.91. The molecule has 15 heavy (non-hydrogen) atoms. The second kappa shape index (κ2) is 3.45. The molecule has 0 heterocycles. The third kappa shape index (κ3) is 1.95. The van der Waals surface area contributed by atoms with Crippen molar-refractivity contribution in [3.05, 3.63) is 29.3 Å². The quantitative estimate of drug-likeness (QED) is 0.834. The van der Waals surface area contributed by atoms with Crippen LogP contribution in [0.4, 0.5) is 8.78 Å². The summed E-state index contributed by atoms with van der Waals surface area (Å²) in [7, 11) is 1.29. The molecule has 82 valence electrons. The van der Waals surface area contributed by atoms with E-state index >= 15 is 0 Å². The molecule has 4 heteroatoms. The van der Waals surface area contributed by atoms with Gasteiger partial charge < -0.3 is 9.84 Å². The molecule has 0 aromatic heterocycles. The van der Waals surface area contributed by atoms with E-state index in [-0.39, 0.29) is 17.7 Å². The molecule has 1 aliphatic rings. The first-order chi connectivity index (χ1) is 7.06. The third-order valence-corrected chi connectivity index (χ3v) is 2.69. The van der Waals surface area contributed by atoms with Crippen LogP contribution in [0.5, 0.6) is 5.75 Å². The van der Waals surface area contributed by atoms with Crippen molar-refractivity contribution < 1.29 is 18.6 Å². The summed E-state index contributed by atoms with van der Waals surface area (Å²) in [6.45, 7) is 0. The van der Waals surface area contributed by atoms with Gasteiger partial charge in [-0.2, -0.15) is 0 Å². The van der Waals surface area contributed by atoms with Gasteiger partial charge in [0.05, 0.1) is 12.7 Å². The Hall–Kier alpha value is -1.16. The molecule has 2 nitrogen and oxygen atoms in total. The van der Waals surface area contributed by atoms with Gasteiger partial charge >= 0.3 is 0 Å². The van der Waals surface area contributed by atoms with E-state index in [0.717, 1.165) is 12.1 Å². The average molecular weight is 214 g/mol. The highest BCUT2D eigenvalue weighted by molar-refractivity contribution is 5.38. The van der Waals surface area contributed by atoms with Crippen molar-refractivity contribution in [3.8, 4) is 5.75 Å². The van der Waals surface area contributed by atoms with Crippen molar-refractivity contribution in [1.29, 1.82) is 0 Å². The maximum absolute atomic E-state index is 13.4. The van der Waals surface area contributed by atoms with Crippen LogP contribution in [0, 0.1) is 11.6 Å². The largest absolute Gasteiger partial charge is 0.493 e. The van der Waals surface area contributed by atoms with Gasteiger partial charge in [0.1, 0.15) is 5.82 Å². The Kier molecular flexibility index (Phi) is 2.38. The van der Waals surface area contributed by atoms with Crippen LogP contribution in [0.3, 0.4) is 0 Å². The van der Waals surface area contributed by atoms with E-state index in [1.807, 2.05) is 0 Å². The molecule has 0 radical (unpaired) electrons. The highest BCUT2D eigenvalue weighted by atomic mass is 19.1. The van der Waals surface area contributed by atoms with Crippen molar-refractivity contribution in [2.75, 3.05) is 7.11 Å². The summed E-state index contributed by atoms with van der Waals surface area (Å²) in [4.78, 5) is 0. The van der Waals surface area contributed by atoms with Crippen LogP contribution < -0.4 is 4.74 Å². The van der Waals surface area contributed by atoms with Gasteiger partial charge in [-0.15, -0.1) is 0 Å². The lowest BCUT2D eigenvalue weighted by atomic mass is 10.0. The zero-order valence-corrected chi connectivity index (χ0v) is 8.39. The van der Waals surface area contributed by atoms with Crippen molar-refractivity contribution in [2.24, 2.45) is 0 Å². The molecule has 0 amide bonds. The number of ether oxygens (including phenoxy) is 1. The zero-order valence-electron chi connectivity index (χ0n) is 8.39. The van der Waals surface area contributed by atoms with E-state index in [2.05, 4.69) is 0 Å². The van der Waals surface area contributed by atoms with Crippen LogP contribution in [0.25, 0.3) is 0 Å². The van der Waals surface area contributed by atoms with Crippen molar-refractivity contribution in [1.82, 2.24) is 0 Å². The van der Waals surface area contributed by atoms with Gasteiger partial charge in [0.25, 0.3) is 0 Å². The molecule has 1 aliphatic carbocycles. The molecule has 0 aliphatic heterocycles. The molecule has 2 rings (SSSR count). The molecule has 0 atom stereocenters. The SMILES string of the molecule is COc1c(F)ccc(F)c1CC1(O)CC1. The van der Waals surface area contributed by atoms with E-state index < -0.39 is 17.2 Å². The monoisotopic (exact) mass is 214 g/mol. The van der Waals surface area contributed by atoms with Crippen LogP contribution in [-0.4, -0.2) is 17.8 Å². The van der Waals surface area contributed by atoms with E-state index in [4.69, 9.17) is 4.74 Å². The first kappa shape index (κ1) is 10.4. The smallest absolute Gasteiger partial charge is 0.165 e. The lowest BCUT2D eigenvalue weighted by Gasteiger charge is -2.13. The molecule has 1 fully saturated rings. The number of methoxy groups -OCH3 is 1. The fourth-order valence-corrected chi connectivity index (χ4v) is 1.61. The molecule has 1 aromatic rings. The topological polar surface area (TPSA) is 29.5 Å². The number of hydrogen-bond acceptors (Lipinski definition) is 2. The summed E-state index contributed by atoms with van der Waals surface area (Å²) < 4.78 is 31.5. The number of benzene rings is 1. The number of rotatable bonds is 3. The predicted molar refractivity (Wildman–Crippen MR) is 50.8 cm³/mol. The van der Waals surface area contributed by atoms with Crippen LogP contribution in [0.15, 0.2) is 12.1 Å². The summed E-state index contributed by atoms with van der Waals surface area (Å²) in [5, 5.41) is 9.67. The van der Waals surface area contributed by atoms with Crippen LogP contribution in [0.2, 0.25) is 0 Å². The highest BCUT2D eigenvalue weighted by Gasteiger charge is 2.41. The summed E-state index contributed by atoms with van der Waals surface area (Å²) in [5.41, 5.74) is -0.737. The molecular weight excluding hydrogens is 202 g/mol. The minimum Gasteiger partial charge on any atom is -0.493 e. The lowest BCUT2D eigenvalue weighted by Crippen LogP contribution is -2.13. The zero-order chi connectivity index (χ0) is 11.1. The minimum absolute atomic E-state index is 0.102. The molecule has 0 spiro atoms. The number of halogens is 2. The van der Waals surface area contributed by atoms with Gasteiger partial charge in [-0.05, 0) is 25.0 Å². The lowest BCUT2D eigenvalue weighted by molar-refractivity contribution is 0.148. The Balaban J connectivity index is 2.38. The van der Waals surface area contributed by atoms with E-state index in [1.54, 1.807) is 0 Å². The Morgan fingerprint density at radius 3 is 2.47 bits per heavy atom. The summed E-state index contributed by atoms with van der Waals surface area (Å²) in [6, 6.07) is 2.08. The maximum Gasteiger partial charge on any atom is 0.165 e. The van der Waals surface area contributed by atoms with Crippen molar-refractivity contribution in [2.45, 2.75) is 24.9 Å². The van der Waals surface area contributed by atoms with Gasteiger partial charge in [-0.1, -0.05) is 0 Å². The fourth-order valence-electron chi connectivity index (χ4n) is 1.61. The molecule has 1 N–H and O–H groups in total. The van der Waals surface area contributed by atoms with Gasteiger partial charge in [0, 0.05) is 12.0 Å². The predicted octanol–water partition coefficient (Wildman–Crippen LogP) is 2.04. The summed E-state index contributed by atoms with van der Waals surface area (Å²) in [5.74, 6) is -1.23. The second-order valence-electron chi connectivity index (χ2n) is 3.94. The Morgan fingerprint density at radius 1 is 1.33 bits per heavy atom. The minimum atomic E-state index is -0.859. The van der Waals surface area contributed by atoms with Crippen molar-refractivity contribution >= 4 is 0 Å². The first-order valence-corrected chi connectivity index (χ1v) is 4.79. The fraction of sp³-hybridized carbons (Fsp3) is 0.455. The van der Waals surface area contributed by atoms with Gasteiger partial charge in [-0.3, -0.25) is 0 Å². The number of hydrogen-bond donors (Lipinski definition) is 1. The van der Waals surface area contributed by atoms with Crippen LogP contribution in [0.1, 0.15) is 18.4 Å². The number of aliphatic hydroxyl groups is 1. The van der Waals surface area contributed by atoms with E-state index in [9.17, 15) is 13.9 Å². The normalized spacial score (nSPS) is 17.6.